The molecule has 26 heavy (non-hydrogen) atoms. The first kappa shape index (κ1) is 18.8. The number of halogens is 1. The van der Waals surface area contributed by atoms with Crippen LogP contribution in [0.1, 0.15) is 0 Å². The highest BCUT2D eigenvalue weighted by Crippen LogP contribution is 2.33. The van der Waals surface area contributed by atoms with Crippen LogP contribution in [0, 0.1) is 0 Å². The van der Waals surface area contributed by atoms with Crippen LogP contribution in [0.25, 0.3) is 0 Å². The van der Waals surface area contributed by atoms with Crippen molar-refractivity contribution in [2.24, 2.45) is 0 Å². The predicted molar refractivity (Wildman–Crippen MR) is 102 cm³/mol. The molecule has 0 aromatic heterocycles. The second-order valence-corrected chi connectivity index (χ2v) is 8.17. The highest BCUT2D eigenvalue weighted by atomic mass is 35.5. The Morgan fingerprint density at radius 3 is 2.27 bits per heavy atom. The van der Waals surface area contributed by atoms with E-state index < -0.39 is 10.0 Å². The van der Waals surface area contributed by atoms with Gasteiger partial charge >= 0.3 is 0 Å². The van der Waals surface area contributed by atoms with Gasteiger partial charge in [0.1, 0.15) is 16.4 Å². The lowest BCUT2D eigenvalue weighted by molar-refractivity contribution is 0.376. The number of sulfonamides is 1. The summed E-state index contributed by atoms with van der Waals surface area (Å²) >= 11 is 6.08. The monoisotopic (exact) mass is 396 g/mol. The Morgan fingerprint density at radius 1 is 0.962 bits per heavy atom. The zero-order valence-electron chi connectivity index (χ0n) is 14.7. The molecule has 140 valence electrons. The first-order valence-corrected chi connectivity index (χ1v) is 10.0. The summed E-state index contributed by atoms with van der Waals surface area (Å²) in [5, 5.41) is 0.240. The molecule has 0 spiro atoms. The molecular weight excluding hydrogens is 376 g/mol. The normalized spacial score (nSPS) is 15.7. The maximum atomic E-state index is 12.9. The maximum absolute atomic E-state index is 12.9. The standard InChI is InChI=1S/C18H21ClN2O4S/c1-24-14-7-8-17(25-2)16(13-14)20-9-11-21(12-10-20)26(22,23)18-6-4-3-5-15(18)19/h3-8,13H,9-12H2,1-2H3. The lowest BCUT2D eigenvalue weighted by Gasteiger charge is -2.36. The molecule has 2 aromatic carbocycles. The summed E-state index contributed by atoms with van der Waals surface area (Å²) < 4.78 is 37.9. The van der Waals surface area contributed by atoms with E-state index in [1.165, 1.54) is 10.4 Å². The maximum Gasteiger partial charge on any atom is 0.244 e. The number of rotatable bonds is 5. The van der Waals surface area contributed by atoms with E-state index in [0.29, 0.717) is 26.2 Å². The van der Waals surface area contributed by atoms with Crippen LogP contribution in [-0.2, 0) is 10.0 Å². The Kier molecular flexibility index (Phi) is 5.60. The number of methoxy groups -OCH3 is 2. The first-order chi connectivity index (χ1) is 12.5. The summed E-state index contributed by atoms with van der Waals surface area (Å²) in [5.41, 5.74) is 0.890. The summed E-state index contributed by atoms with van der Waals surface area (Å²) in [5.74, 6) is 1.46. The van der Waals surface area contributed by atoms with Crippen molar-refractivity contribution in [2.45, 2.75) is 4.90 Å². The molecule has 0 bridgehead atoms. The number of hydrogen-bond donors (Lipinski definition) is 0. The zero-order valence-corrected chi connectivity index (χ0v) is 16.3. The minimum absolute atomic E-state index is 0.147. The lowest BCUT2D eigenvalue weighted by atomic mass is 10.2. The number of hydrogen-bond acceptors (Lipinski definition) is 5. The second-order valence-electron chi connectivity index (χ2n) is 5.86. The average Bonchev–Trinajstić information content (AvgIpc) is 2.67. The molecular formula is C18H21ClN2O4S. The van der Waals surface area contributed by atoms with E-state index in [9.17, 15) is 8.42 Å². The highest BCUT2D eigenvalue weighted by Gasteiger charge is 2.30. The second kappa shape index (κ2) is 7.73. The summed E-state index contributed by atoms with van der Waals surface area (Å²) in [6, 6.07) is 12.1. The summed E-state index contributed by atoms with van der Waals surface area (Å²) in [4.78, 5) is 2.24. The molecule has 1 saturated heterocycles. The summed E-state index contributed by atoms with van der Waals surface area (Å²) in [6.45, 7) is 1.84. The average molecular weight is 397 g/mol. The minimum atomic E-state index is -3.61. The molecule has 8 heteroatoms. The molecule has 0 amide bonds. The van der Waals surface area contributed by atoms with Gasteiger partial charge in [-0.1, -0.05) is 23.7 Å². The third-order valence-corrected chi connectivity index (χ3v) is 6.82. The zero-order chi connectivity index (χ0) is 18.7. The van der Waals surface area contributed by atoms with Crippen LogP contribution in [0.15, 0.2) is 47.4 Å². The smallest absolute Gasteiger partial charge is 0.244 e. The fourth-order valence-electron chi connectivity index (χ4n) is 3.01. The minimum Gasteiger partial charge on any atom is -0.497 e. The number of nitrogens with zero attached hydrogens (tertiary/aromatic N) is 2. The van der Waals surface area contributed by atoms with Crippen molar-refractivity contribution in [1.29, 1.82) is 0 Å². The molecule has 0 radical (unpaired) electrons. The Morgan fingerprint density at radius 2 is 1.65 bits per heavy atom. The third-order valence-electron chi connectivity index (χ3n) is 4.42. The van der Waals surface area contributed by atoms with Crippen LogP contribution in [-0.4, -0.2) is 53.1 Å². The molecule has 1 fully saturated rings. The lowest BCUT2D eigenvalue weighted by Crippen LogP contribution is -2.48. The highest BCUT2D eigenvalue weighted by molar-refractivity contribution is 7.89. The Labute approximate surface area is 158 Å². The van der Waals surface area contributed by atoms with Gasteiger partial charge in [0.15, 0.2) is 0 Å². The van der Waals surface area contributed by atoms with Crippen LogP contribution in [0.4, 0.5) is 5.69 Å². The molecule has 1 aliphatic heterocycles. The van der Waals surface area contributed by atoms with Gasteiger partial charge in [-0.25, -0.2) is 8.42 Å². The van der Waals surface area contributed by atoms with Crippen LogP contribution in [0.5, 0.6) is 11.5 Å². The SMILES string of the molecule is COc1ccc(OC)c(N2CCN(S(=O)(=O)c3ccccc3Cl)CC2)c1. The third kappa shape index (κ3) is 3.60. The van der Waals surface area contributed by atoms with Gasteiger partial charge in [0.2, 0.25) is 10.0 Å². The van der Waals surface area contributed by atoms with E-state index in [4.69, 9.17) is 21.1 Å². The van der Waals surface area contributed by atoms with Gasteiger partial charge in [0.25, 0.3) is 0 Å². The van der Waals surface area contributed by atoms with Crippen molar-refractivity contribution in [2.75, 3.05) is 45.3 Å². The summed E-state index contributed by atoms with van der Waals surface area (Å²) in [6.07, 6.45) is 0. The fourth-order valence-corrected chi connectivity index (χ4v) is 4.92. The number of anilines is 1. The topological polar surface area (TPSA) is 59.1 Å². The van der Waals surface area contributed by atoms with E-state index in [-0.39, 0.29) is 9.92 Å². The van der Waals surface area contributed by atoms with E-state index in [0.717, 1.165) is 17.2 Å². The molecule has 6 nitrogen and oxygen atoms in total. The Bertz CT molecular complexity index is 881. The molecule has 1 heterocycles. The molecule has 0 unspecified atom stereocenters. The van der Waals surface area contributed by atoms with Crippen LogP contribution >= 0.6 is 11.6 Å². The number of piperazine rings is 1. The molecule has 0 atom stereocenters. The quantitative estimate of drug-likeness (QED) is 0.777. The van der Waals surface area contributed by atoms with E-state index in [2.05, 4.69) is 4.90 Å². The molecule has 0 saturated carbocycles. The van der Waals surface area contributed by atoms with Gasteiger partial charge in [-0.3, -0.25) is 0 Å². The number of benzene rings is 2. The van der Waals surface area contributed by atoms with E-state index in [1.807, 2.05) is 18.2 Å². The van der Waals surface area contributed by atoms with Crippen LogP contribution in [0.2, 0.25) is 5.02 Å². The molecule has 2 aromatic rings. The van der Waals surface area contributed by atoms with Crippen LogP contribution in [0.3, 0.4) is 0 Å². The van der Waals surface area contributed by atoms with Gasteiger partial charge in [0, 0.05) is 32.2 Å². The first-order valence-electron chi connectivity index (χ1n) is 8.19. The van der Waals surface area contributed by atoms with Crippen molar-refractivity contribution in [1.82, 2.24) is 4.31 Å². The van der Waals surface area contributed by atoms with Gasteiger partial charge in [-0.15, -0.1) is 0 Å². The van der Waals surface area contributed by atoms with Crippen molar-refractivity contribution < 1.29 is 17.9 Å². The van der Waals surface area contributed by atoms with Crippen molar-refractivity contribution in [3.8, 4) is 11.5 Å². The fraction of sp³-hybridized carbons (Fsp3) is 0.333. The van der Waals surface area contributed by atoms with Crippen LogP contribution < -0.4 is 14.4 Å². The Balaban J connectivity index is 1.79. The predicted octanol–water partition coefficient (Wildman–Crippen LogP) is 2.87. The van der Waals surface area contributed by atoms with Crippen molar-refractivity contribution >= 4 is 27.3 Å². The van der Waals surface area contributed by atoms with Gasteiger partial charge in [-0.2, -0.15) is 4.31 Å². The Hall–Kier alpha value is -1.96. The van der Waals surface area contributed by atoms with E-state index >= 15 is 0 Å². The van der Waals surface area contributed by atoms with Crippen molar-refractivity contribution in [3.05, 3.63) is 47.5 Å². The largest absolute Gasteiger partial charge is 0.497 e. The summed E-state index contributed by atoms with van der Waals surface area (Å²) in [7, 11) is -0.383. The molecule has 1 aliphatic rings. The van der Waals surface area contributed by atoms with Crippen molar-refractivity contribution in [3.63, 3.8) is 0 Å². The molecule has 3 rings (SSSR count). The number of ether oxygens (including phenoxy) is 2. The van der Waals surface area contributed by atoms with Gasteiger partial charge in [-0.05, 0) is 24.3 Å². The molecule has 0 N–H and O–H groups in total. The molecule has 0 aliphatic carbocycles. The van der Waals surface area contributed by atoms with Gasteiger partial charge < -0.3 is 14.4 Å². The van der Waals surface area contributed by atoms with E-state index in [1.54, 1.807) is 32.4 Å². The van der Waals surface area contributed by atoms with Gasteiger partial charge in [0.05, 0.1) is 24.9 Å².